The molecule has 2 aromatic rings. The lowest BCUT2D eigenvalue weighted by molar-refractivity contribution is 0.354. The Labute approximate surface area is 147 Å². The van der Waals surface area contributed by atoms with Crippen molar-refractivity contribution >= 4 is 17.0 Å². The van der Waals surface area contributed by atoms with Crippen LogP contribution in [0.2, 0.25) is 0 Å². The van der Waals surface area contributed by atoms with Gasteiger partial charge in [0.25, 0.3) is 0 Å². The predicted molar refractivity (Wildman–Crippen MR) is 92.5 cm³/mol. The van der Waals surface area contributed by atoms with E-state index in [4.69, 9.17) is 5.41 Å². The number of hydrogen-bond acceptors (Lipinski definition) is 4. The van der Waals surface area contributed by atoms with E-state index in [9.17, 15) is 13.3 Å². The second-order valence-electron chi connectivity index (χ2n) is 5.87. The van der Waals surface area contributed by atoms with Crippen LogP contribution >= 0.6 is 0 Å². The summed E-state index contributed by atoms with van der Waals surface area (Å²) in [5.74, 6) is -2.23. The predicted octanol–water partition coefficient (Wildman–Crippen LogP) is 2.19. The molecule has 1 aliphatic heterocycles. The zero-order valence-electron chi connectivity index (χ0n) is 13.6. The van der Waals surface area contributed by atoms with Gasteiger partial charge in [-0.3, -0.25) is 15.7 Å². The maximum atomic E-state index is 14.3. The number of pyridine rings is 1. The van der Waals surface area contributed by atoms with E-state index >= 15 is 0 Å². The van der Waals surface area contributed by atoms with Gasteiger partial charge in [-0.25, -0.2) is 8.78 Å². The molecule has 2 N–H and O–H groups in total. The lowest BCUT2D eigenvalue weighted by Gasteiger charge is -2.39. The zero-order chi connectivity index (χ0) is 18.0. The molecule has 132 valence electrons. The Morgan fingerprint density at radius 3 is 2.68 bits per heavy atom. The number of nitrogens with one attached hydrogen (secondary N) is 2. The molecule has 0 saturated carbocycles. The van der Waals surface area contributed by atoms with Gasteiger partial charge in [0.1, 0.15) is 29.1 Å². The van der Waals surface area contributed by atoms with Crippen LogP contribution in [-0.4, -0.2) is 39.4 Å². The molecule has 0 radical (unpaired) electrons. The van der Waals surface area contributed by atoms with Crippen LogP contribution in [0.4, 0.5) is 8.78 Å². The van der Waals surface area contributed by atoms with Gasteiger partial charge >= 0.3 is 0 Å². The molecular weight excluding hydrogens is 346 g/mol. The Morgan fingerprint density at radius 2 is 2.04 bits per heavy atom. The standard InChI is InChI=1S/C17H18F2N4OS/c1-23-10-22-17(25(24)9-11-4-3-7-21-8-11)15(16(23)20)14-12(18)5-2-6-13(14)19/h2-8,15,17,20,22H,9-10H2,1H3. The largest absolute Gasteiger partial charge is 0.615 e. The van der Waals surface area contributed by atoms with Crippen LogP contribution in [-0.2, 0) is 16.9 Å². The first-order chi connectivity index (χ1) is 12.0. The van der Waals surface area contributed by atoms with Gasteiger partial charge in [0.2, 0.25) is 0 Å². The summed E-state index contributed by atoms with van der Waals surface area (Å²) in [5.41, 5.74) is 0.539. The van der Waals surface area contributed by atoms with Crippen LogP contribution in [0.3, 0.4) is 0 Å². The Morgan fingerprint density at radius 1 is 1.32 bits per heavy atom. The lowest BCUT2D eigenvalue weighted by atomic mass is 9.94. The van der Waals surface area contributed by atoms with Crippen molar-refractivity contribution in [1.82, 2.24) is 15.2 Å². The van der Waals surface area contributed by atoms with Crippen molar-refractivity contribution in [2.75, 3.05) is 13.7 Å². The van der Waals surface area contributed by atoms with Crippen molar-refractivity contribution in [2.24, 2.45) is 0 Å². The second-order valence-corrected chi connectivity index (χ2v) is 7.42. The quantitative estimate of drug-likeness (QED) is 0.816. The number of likely N-dealkylation sites (N-methyl/N-ethyl adjacent to an activating group) is 1. The van der Waals surface area contributed by atoms with E-state index in [1.807, 2.05) is 0 Å². The van der Waals surface area contributed by atoms with Gasteiger partial charge < -0.3 is 9.45 Å². The smallest absolute Gasteiger partial charge is 0.183 e. The SMILES string of the molecule is CN1CNC([S+]([O-])Cc2cccnc2)C(c2c(F)cccc2F)C1=N. The molecule has 0 bridgehead atoms. The minimum Gasteiger partial charge on any atom is -0.615 e. The fourth-order valence-corrected chi connectivity index (χ4v) is 4.40. The molecule has 25 heavy (non-hydrogen) atoms. The summed E-state index contributed by atoms with van der Waals surface area (Å²) in [5, 5.41) is 10.6. The normalized spacial score (nSPS) is 22.1. The highest BCUT2D eigenvalue weighted by molar-refractivity contribution is 7.91. The van der Waals surface area contributed by atoms with Crippen molar-refractivity contribution in [3.63, 3.8) is 0 Å². The highest BCUT2D eigenvalue weighted by Crippen LogP contribution is 2.33. The molecule has 1 fully saturated rings. The summed E-state index contributed by atoms with van der Waals surface area (Å²) in [6, 6.07) is 7.12. The number of aromatic nitrogens is 1. The van der Waals surface area contributed by atoms with E-state index in [1.54, 1.807) is 36.5 Å². The van der Waals surface area contributed by atoms with Gasteiger partial charge in [-0.2, -0.15) is 0 Å². The number of nitrogens with zero attached hydrogens (tertiary/aromatic N) is 2. The van der Waals surface area contributed by atoms with E-state index in [-0.39, 0.29) is 23.8 Å². The van der Waals surface area contributed by atoms with E-state index in [0.29, 0.717) is 0 Å². The molecule has 3 rings (SSSR count). The Balaban J connectivity index is 1.94. The fraction of sp³-hybridized carbons (Fsp3) is 0.294. The third-order valence-corrected chi connectivity index (χ3v) is 5.79. The average Bonchev–Trinajstić information content (AvgIpc) is 2.59. The van der Waals surface area contributed by atoms with Gasteiger partial charge in [-0.05, 0) is 29.4 Å². The molecule has 0 spiro atoms. The maximum absolute atomic E-state index is 14.3. The van der Waals surface area contributed by atoms with E-state index < -0.39 is 34.1 Å². The highest BCUT2D eigenvalue weighted by Gasteiger charge is 2.43. The van der Waals surface area contributed by atoms with Gasteiger partial charge in [0.15, 0.2) is 5.37 Å². The molecule has 1 saturated heterocycles. The van der Waals surface area contributed by atoms with Crippen LogP contribution in [0.5, 0.6) is 0 Å². The van der Waals surface area contributed by atoms with Crippen molar-refractivity contribution in [1.29, 1.82) is 5.41 Å². The topological polar surface area (TPSA) is 75.1 Å². The van der Waals surface area contributed by atoms with Crippen LogP contribution in [0.25, 0.3) is 0 Å². The summed E-state index contributed by atoms with van der Waals surface area (Å²) >= 11 is -1.49. The van der Waals surface area contributed by atoms with E-state index in [1.165, 1.54) is 6.07 Å². The summed E-state index contributed by atoms with van der Waals surface area (Å²) in [6.45, 7) is 0.287. The Hall–Kier alpha value is -2.03. The van der Waals surface area contributed by atoms with Gasteiger partial charge in [-0.15, -0.1) is 0 Å². The molecule has 3 unspecified atom stereocenters. The molecule has 0 amide bonds. The fourth-order valence-electron chi connectivity index (χ4n) is 2.89. The summed E-state index contributed by atoms with van der Waals surface area (Å²) in [6.07, 6.45) is 3.23. The molecule has 0 aliphatic carbocycles. The first kappa shape index (κ1) is 17.8. The monoisotopic (exact) mass is 364 g/mol. The van der Waals surface area contributed by atoms with Crippen LogP contribution < -0.4 is 5.32 Å². The van der Waals surface area contributed by atoms with Crippen molar-refractivity contribution < 1.29 is 13.3 Å². The molecule has 2 heterocycles. The van der Waals surface area contributed by atoms with Crippen LogP contribution in [0, 0.1) is 17.0 Å². The number of amidine groups is 1. The van der Waals surface area contributed by atoms with Crippen LogP contribution in [0.15, 0.2) is 42.7 Å². The zero-order valence-corrected chi connectivity index (χ0v) is 14.4. The minimum atomic E-state index is -1.49. The molecule has 1 aromatic heterocycles. The molecule has 5 nitrogen and oxygen atoms in total. The first-order valence-corrected chi connectivity index (χ1v) is 9.10. The van der Waals surface area contributed by atoms with Gasteiger partial charge in [0.05, 0.1) is 6.67 Å². The molecule has 1 aromatic carbocycles. The third kappa shape index (κ3) is 3.65. The highest BCUT2D eigenvalue weighted by atomic mass is 32.2. The summed E-state index contributed by atoms with van der Waals surface area (Å²) in [7, 11) is 1.65. The number of benzene rings is 1. The second kappa shape index (κ2) is 7.47. The van der Waals surface area contributed by atoms with E-state index in [2.05, 4.69) is 10.3 Å². The maximum Gasteiger partial charge on any atom is 0.183 e. The molecule has 3 atom stereocenters. The molecule has 8 heteroatoms. The first-order valence-electron chi connectivity index (χ1n) is 7.72. The van der Waals surface area contributed by atoms with Gasteiger partial charge in [0, 0.05) is 30.6 Å². The Kier molecular flexibility index (Phi) is 5.31. The van der Waals surface area contributed by atoms with Gasteiger partial charge in [-0.1, -0.05) is 12.1 Å². The van der Waals surface area contributed by atoms with Crippen LogP contribution in [0.1, 0.15) is 17.0 Å². The van der Waals surface area contributed by atoms with Crippen molar-refractivity contribution in [2.45, 2.75) is 17.0 Å². The number of halogens is 2. The van der Waals surface area contributed by atoms with Crippen molar-refractivity contribution in [3.8, 4) is 0 Å². The molecule has 1 aliphatic rings. The molecular formula is C17H18F2N4OS. The minimum absolute atomic E-state index is 0.0345. The third-order valence-electron chi connectivity index (χ3n) is 4.16. The number of rotatable bonds is 4. The Bertz CT molecular complexity index is 741. The lowest BCUT2D eigenvalue weighted by Crippen LogP contribution is -2.57. The summed E-state index contributed by atoms with van der Waals surface area (Å²) < 4.78 is 41.5. The van der Waals surface area contributed by atoms with Crippen molar-refractivity contribution in [3.05, 3.63) is 65.5 Å². The number of hydrogen-bond donors (Lipinski definition) is 2. The summed E-state index contributed by atoms with van der Waals surface area (Å²) in [4.78, 5) is 5.54. The average molecular weight is 364 g/mol. The van der Waals surface area contributed by atoms with E-state index in [0.717, 1.165) is 17.7 Å².